The highest BCUT2D eigenvalue weighted by Gasteiger charge is 2.50. The van der Waals surface area contributed by atoms with E-state index in [0.717, 1.165) is 134 Å². The lowest BCUT2D eigenvalue weighted by atomic mass is 9.76. The molecule has 0 radical (unpaired) electrons. The van der Waals surface area contributed by atoms with Gasteiger partial charge in [0.25, 0.3) is 0 Å². The number of Topliss-reactive ketones (excluding diaryl/α,β-unsaturated/α-hetero) is 2. The van der Waals surface area contributed by atoms with Crippen molar-refractivity contribution in [3.8, 4) is 0 Å². The molecule has 6 aliphatic rings. The smallest absolute Gasteiger partial charge is 0.209 e. The Hall–Kier alpha value is -6.02. The Morgan fingerprint density at radius 2 is 0.857 bits per heavy atom. The molecular formula is C62H74N4O4. The lowest BCUT2D eigenvalue weighted by Gasteiger charge is -2.33. The molecule has 0 aromatic heterocycles. The van der Waals surface area contributed by atoms with Crippen molar-refractivity contribution in [2.75, 3.05) is 36.0 Å². The van der Waals surface area contributed by atoms with Crippen LogP contribution in [-0.2, 0) is 31.2 Å². The second kappa shape index (κ2) is 18.0. The van der Waals surface area contributed by atoms with Crippen LogP contribution in [0, 0.1) is 0 Å². The molecule has 3 aromatic rings. The maximum Gasteiger partial charge on any atom is 0.209 e. The van der Waals surface area contributed by atoms with E-state index in [-0.39, 0.29) is 56.2 Å². The van der Waals surface area contributed by atoms with Crippen LogP contribution in [0.4, 0.5) is 22.7 Å². The number of carbonyl (C=O) groups excluding carboxylic acids is 2. The Morgan fingerprint density at radius 1 is 0.486 bits per heavy atom. The van der Waals surface area contributed by atoms with Gasteiger partial charge >= 0.3 is 0 Å². The molecule has 0 unspecified atom stereocenters. The molecule has 4 heterocycles. The summed E-state index contributed by atoms with van der Waals surface area (Å²) in [6, 6.07) is 21.5. The molecule has 0 N–H and O–H groups in total. The average Bonchev–Trinajstić information content (AvgIpc) is 3.87. The van der Waals surface area contributed by atoms with E-state index in [4.69, 9.17) is 0 Å². The highest BCUT2D eigenvalue weighted by molar-refractivity contribution is 6.25. The number of allylic oxidation sites excluding steroid dienone is 10. The van der Waals surface area contributed by atoms with Crippen LogP contribution in [0.5, 0.6) is 0 Å². The van der Waals surface area contributed by atoms with E-state index in [1.54, 1.807) is 0 Å². The van der Waals surface area contributed by atoms with Crippen LogP contribution in [0.1, 0.15) is 157 Å². The molecule has 0 fully saturated rings. The normalized spacial score (nSPS) is 22.6. The summed E-state index contributed by atoms with van der Waals surface area (Å²) in [5.74, 6) is -0.783. The average molecular weight is 939 g/mol. The van der Waals surface area contributed by atoms with E-state index in [2.05, 4.69) is 163 Å². The number of ketones is 2. The fraction of sp³-hybridized carbons (Fsp3) is 0.452. The highest BCUT2D eigenvalue weighted by Crippen LogP contribution is 2.57. The number of hydrogen-bond acceptors (Lipinski definition) is 6. The van der Waals surface area contributed by atoms with Gasteiger partial charge in [0, 0.05) is 117 Å². The summed E-state index contributed by atoms with van der Waals surface area (Å²) in [5.41, 5.74) is 12.3. The van der Waals surface area contributed by atoms with Crippen molar-refractivity contribution in [1.82, 2.24) is 0 Å². The summed E-state index contributed by atoms with van der Waals surface area (Å²) in [6.45, 7) is 29.4. The lowest BCUT2D eigenvalue weighted by molar-refractivity contribution is -0.438. The van der Waals surface area contributed by atoms with Crippen molar-refractivity contribution in [2.24, 2.45) is 0 Å². The molecule has 0 saturated heterocycles. The Labute approximate surface area is 417 Å². The minimum atomic E-state index is -0.534. The Kier molecular flexibility index (Phi) is 12.6. The van der Waals surface area contributed by atoms with E-state index < -0.39 is 10.8 Å². The summed E-state index contributed by atoms with van der Waals surface area (Å²) in [5, 5.41) is 28.6. The highest BCUT2D eigenvalue weighted by atomic mass is 16.3. The second-order valence-corrected chi connectivity index (χ2v) is 22.5. The van der Waals surface area contributed by atoms with Crippen molar-refractivity contribution in [3.63, 3.8) is 0 Å². The van der Waals surface area contributed by atoms with Gasteiger partial charge in [0.05, 0.1) is 10.8 Å². The van der Waals surface area contributed by atoms with Gasteiger partial charge in [-0.1, -0.05) is 129 Å². The van der Waals surface area contributed by atoms with Crippen LogP contribution in [-0.4, -0.2) is 58.3 Å². The van der Waals surface area contributed by atoms with Gasteiger partial charge in [-0.05, 0) is 75.9 Å². The third kappa shape index (κ3) is 7.44. The first-order valence-electron chi connectivity index (χ1n) is 26.3. The van der Waals surface area contributed by atoms with Crippen molar-refractivity contribution in [2.45, 2.75) is 156 Å². The van der Waals surface area contributed by atoms with Gasteiger partial charge in [0.1, 0.15) is 13.1 Å². The SMILES string of the molecule is CCCCN1/C(=C/C2=C([O-])C(=C/C3=[N+](CCCC)c4ccccc4C3(C)C)/C2=O)C(C)(C)c2cc3c(cc21)N(CCCC)/C(=C/C1=C([O-])C(=C/C2=[N+](CCCC)c4ccccc4C2(C)C)/C1=O)C3(C)C. The molecule has 0 spiro atoms. The molecule has 3 aromatic carbocycles. The van der Waals surface area contributed by atoms with E-state index >= 15 is 0 Å². The van der Waals surface area contributed by atoms with Crippen LogP contribution >= 0.6 is 0 Å². The first kappa shape index (κ1) is 49.0. The second-order valence-electron chi connectivity index (χ2n) is 22.5. The van der Waals surface area contributed by atoms with Gasteiger partial charge < -0.3 is 20.0 Å². The van der Waals surface area contributed by atoms with Crippen molar-refractivity contribution in [1.29, 1.82) is 0 Å². The number of benzene rings is 3. The third-order valence-corrected chi connectivity index (χ3v) is 16.5. The van der Waals surface area contributed by atoms with Gasteiger partial charge in [0.15, 0.2) is 23.0 Å². The van der Waals surface area contributed by atoms with E-state index in [1.807, 2.05) is 24.3 Å². The fourth-order valence-electron chi connectivity index (χ4n) is 12.1. The molecule has 0 amide bonds. The first-order chi connectivity index (χ1) is 33.3. The number of anilines is 2. The number of carbonyl (C=O) groups is 2. The van der Waals surface area contributed by atoms with Gasteiger partial charge in [-0.2, -0.15) is 9.15 Å². The lowest BCUT2D eigenvalue weighted by Crippen LogP contribution is -2.35. The van der Waals surface area contributed by atoms with Gasteiger partial charge in [-0.3, -0.25) is 9.59 Å². The van der Waals surface area contributed by atoms with E-state index in [9.17, 15) is 19.8 Å². The molecule has 366 valence electrons. The maximum absolute atomic E-state index is 14.3. The number of rotatable bonds is 16. The summed E-state index contributed by atoms with van der Waals surface area (Å²) in [4.78, 5) is 33.3. The monoisotopic (exact) mass is 939 g/mol. The molecule has 0 atom stereocenters. The molecular weight excluding hydrogens is 865 g/mol. The third-order valence-electron chi connectivity index (χ3n) is 16.5. The Balaban J connectivity index is 1.09. The topological polar surface area (TPSA) is 92.8 Å². The number of nitrogens with zero attached hydrogens (tertiary/aromatic N) is 4. The zero-order valence-corrected chi connectivity index (χ0v) is 44.0. The molecule has 4 aliphatic heterocycles. The largest absolute Gasteiger partial charge is 0.871 e. The van der Waals surface area contributed by atoms with Crippen molar-refractivity contribution >= 4 is 45.7 Å². The summed E-state index contributed by atoms with van der Waals surface area (Å²) in [7, 11) is 0. The number of para-hydroxylation sites is 2. The number of unbranched alkanes of at least 4 members (excludes halogenated alkanes) is 4. The van der Waals surface area contributed by atoms with Gasteiger partial charge in [0.2, 0.25) is 11.4 Å². The Bertz CT molecular complexity index is 2800. The maximum atomic E-state index is 14.3. The molecule has 9 rings (SSSR count). The van der Waals surface area contributed by atoms with E-state index in [0.29, 0.717) is 0 Å². The number of fused-ring (bicyclic) bond motifs is 4. The summed E-state index contributed by atoms with van der Waals surface area (Å²) < 4.78 is 4.62. The minimum Gasteiger partial charge on any atom is -0.871 e. The standard InChI is InChI=1S/C62H74N4O4/c1-13-17-29-63-47-27-23-21-25-43(47)59(5,6)51(63)33-39-55(67)41(56(39)68)35-53-61(9,10)45-37-46-50(38-49(45)65(53)31-19-15-3)66(32-20-16-4)54(62(46,11)12)36-42-57(69)40(58(42)70)34-52-60(7,8)44-26-22-24-28-48(44)64(52)30-18-14-2/h21-28,33-38H,13-20,29-32H2,1-12H3. The fourth-order valence-corrected chi connectivity index (χ4v) is 12.1. The Morgan fingerprint density at radius 3 is 1.21 bits per heavy atom. The molecule has 0 bridgehead atoms. The van der Waals surface area contributed by atoms with Gasteiger partial charge in [-0.25, -0.2) is 0 Å². The molecule has 8 heteroatoms. The van der Waals surface area contributed by atoms with E-state index in [1.165, 1.54) is 11.1 Å². The molecule has 8 nitrogen and oxygen atoms in total. The summed E-state index contributed by atoms with van der Waals surface area (Å²) in [6.07, 6.45) is 15.5. The predicted octanol–water partition coefficient (Wildman–Crippen LogP) is 11.2. The summed E-state index contributed by atoms with van der Waals surface area (Å²) >= 11 is 0. The van der Waals surface area contributed by atoms with Gasteiger partial charge in [-0.15, -0.1) is 0 Å². The van der Waals surface area contributed by atoms with Crippen molar-refractivity contribution in [3.05, 3.63) is 152 Å². The van der Waals surface area contributed by atoms with Crippen LogP contribution < -0.4 is 20.0 Å². The van der Waals surface area contributed by atoms with Crippen LogP contribution in [0.3, 0.4) is 0 Å². The first-order valence-corrected chi connectivity index (χ1v) is 26.3. The zero-order chi connectivity index (χ0) is 50.2. The molecule has 2 aliphatic carbocycles. The molecule has 70 heavy (non-hydrogen) atoms. The van der Waals surface area contributed by atoms with Crippen LogP contribution in [0.25, 0.3) is 0 Å². The predicted molar refractivity (Wildman–Crippen MR) is 282 cm³/mol. The molecule has 0 saturated carbocycles. The van der Waals surface area contributed by atoms with Crippen molar-refractivity contribution < 1.29 is 29.0 Å². The minimum absolute atomic E-state index is 0.196. The quantitative estimate of drug-likeness (QED) is 0.105. The number of hydrogen-bond donors (Lipinski definition) is 0. The van der Waals surface area contributed by atoms with Crippen LogP contribution in [0.2, 0.25) is 0 Å². The zero-order valence-electron chi connectivity index (χ0n) is 44.0. The van der Waals surface area contributed by atoms with Crippen LogP contribution in [0.15, 0.2) is 130 Å².